The summed E-state index contributed by atoms with van der Waals surface area (Å²) >= 11 is 0. The van der Waals surface area contributed by atoms with Crippen molar-refractivity contribution in [3.63, 3.8) is 0 Å². The molecule has 0 saturated carbocycles. The highest BCUT2D eigenvalue weighted by atomic mass is 32.2. The molecule has 0 aliphatic rings. The molecule has 1 atom stereocenters. The van der Waals surface area contributed by atoms with Gasteiger partial charge in [0.05, 0.1) is 44.8 Å². The average Bonchev–Trinajstić information content (AvgIpc) is 3.81. The lowest BCUT2D eigenvalue weighted by atomic mass is 10.0. The summed E-state index contributed by atoms with van der Waals surface area (Å²) in [6.07, 6.45) is -0.841. The molecule has 7 rings (SSSR count). The van der Waals surface area contributed by atoms with Crippen molar-refractivity contribution in [2.75, 3.05) is 38.4 Å². The first-order chi connectivity index (χ1) is 32.3. The highest BCUT2D eigenvalue weighted by molar-refractivity contribution is 7.93. The number of alkyl carbamates (subject to hydrolysis) is 1. The summed E-state index contributed by atoms with van der Waals surface area (Å²) in [5.74, 6) is 1.74. The van der Waals surface area contributed by atoms with Gasteiger partial charge in [0, 0.05) is 25.2 Å². The van der Waals surface area contributed by atoms with E-state index < -0.39 is 42.9 Å². The fourth-order valence-electron chi connectivity index (χ4n) is 6.85. The Labute approximate surface area is 388 Å². The molecule has 0 fully saturated rings. The van der Waals surface area contributed by atoms with Crippen LogP contribution < -0.4 is 30.0 Å². The van der Waals surface area contributed by atoms with E-state index in [9.17, 15) is 13.2 Å². The molecule has 2 aromatic heterocycles. The van der Waals surface area contributed by atoms with E-state index in [4.69, 9.17) is 24.7 Å². The van der Waals surface area contributed by atoms with E-state index in [1.807, 2.05) is 42.5 Å². The summed E-state index contributed by atoms with van der Waals surface area (Å²) in [4.78, 5) is 18.0. The molecule has 7 aromatic rings. The maximum atomic E-state index is 15.9. The topological polar surface area (TPSA) is 232 Å². The van der Waals surface area contributed by atoms with E-state index in [0.717, 1.165) is 11.1 Å². The standard InChI is InChI=1S/C47H49N9O9S2/c1-32(31-65-47(57)49-27-33-9-6-5-7-10-33)66(58,59)53-42-26-25-40(41-11-8-12-43(48)50-41)44(46-51-54-56(52-46)30-36-17-23-39(64-4)24-18-36)45(42)67(60,61)55(28-34-13-19-37(62-2)20-14-34)29-35-15-21-38(63-3)22-16-35/h5-26,32,53H,27-31H2,1-4H3,(H2,48,50)(H,49,57)/t32-/m1/s1. The van der Waals surface area contributed by atoms with Gasteiger partial charge < -0.3 is 30.0 Å². The zero-order chi connectivity index (χ0) is 47.6. The molecule has 20 heteroatoms. The number of rotatable bonds is 20. The summed E-state index contributed by atoms with van der Waals surface area (Å²) in [5.41, 5.74) is 8.96. The van der Waals surface area contributed by atoms with Crippen LogP contribution in [0.4, 0.5) is 16.3 Å². The van der Waals surface area contributed by atoms with E-state index in [2.05, 4.69) is 30.4 Å². The number of tetrazole rings is 1. The third kappa shape index (κ3) is 11.8. The summed E-state index contributed by atoms with van der Waals surface area (Å²) in [6.45, 7) is 0.696. The zero-order valence-corrected chi connectivity index (χ0v) is 38.7. The number of nitrogens with zero attached hydrogens (tertiary/aromatic N) is 6. The lowest BCUT2D eigenvalue weighted by Gasteiger charge is -2.27. The minimum absolute atomic E-state index is 0.113. The molecule has 18 nitrogen and oxygen atoms in total. The Bertz CT molecular complexity index is 2960. The van der Waals surface area contributed by atoms with Crippen LogP contribution in [0.1, 0.15) is 29.2 Å². The van der Waals surface area contributed by atoms with Crippen molar-refractivity contribution in [2.24, 2.45) is 0 Å². The van der Waals surface area contributed by atoms with E-state index in [1.165, 1.54) is 42.4 Å². The Hall–Kier alpha value is -7.55. The summed E-state index contributed by atoms with van der Waals surface area (Å²) in [7, 11) is -4.74. The van der Waals surface area contributed by atoms with Gasteiger partial charge in [-0.05, 0) is 95.1 Å². The van der Waals surface area contributed by atoms with Gasteiger partial charge in [0.15, 0.2) is 0 Å². The number of nitrogen functional groups attached to an aromatic ring is 1. The molecule has 0 bridgehead atoms. The van der Waals surface area contributed by atoms with Crippen molar-refractivity contribution in [1.82, 2.24) is 34.8 Å². The predicted molar refractivity (Wildman–Crippen MR) is 252 cm³/mol. The van der Waals surface area contributed by atoms with Crippen molar-refractivity contribution in [2.45, 2.75) is 43.2 Å². The minimum Gasteiger partial charge on any atom is -0.497 e. The quantitative estimate of drug-likeness (QED) is 0.0740. The van der Waals surface area contributed by atoms with E-state index in [-0.39, 0.29) is 60.3 Å². The molecule has 0 unspecified atom stereocenters. The maximum absolute atomic E-state index is 15.9. The maximum Gasteiger partial charge on any atom is 0.407 e. The summed E-state index contributed by atoms with van der Waals surface area (Å²) < 4.78 is 85.5. The Balaban J connectivity index is 1.36. The van der Waals surface area contributed by atoms with Crippen LogP contribution in [0.25, 0.3) is 22.6 Å². The smallest absolute Gasteiger partial charge is 0.407 e. The third-order valence-corrected chi connectivity index (χ3v) is 14.1. The van der Waals surface area contributed by atoms with Gasteiger partial charge in [-0.1, -0.05) is 72.8 Å². The number of carbonyl (C=O) groups excluding carboxylic acids is 1. The largest absolute Gasteiger partial charge is 0.497 e. The molecule has 2 heterocycles. The van der Waals surface area contributed by atoms with Gasteiger partial charge in [0.2, 0.25) is 25.9 Å². The molecule has 348 valence electrons. The molecule has 5 aromatic carbocycles. The number of ether oxygens (including phenoxy) is 4. The number of nitrogens with one attached hydrogen (secondary N) is 2. The van der Waals surface area contributed by atoms with Gasteiger partial charge in [0.1, 0.15) is 39.8 Å². The van der Waals surface area contributed by atoms with Gasteiger partial charge in [-0.25, -0.2) is 26.6 Å². The molecular weight excluding hydrogens is 899 g/mol. The average molecular weight is 948 g/mol. The lowest BCUT2D eigenvalue weighted by molar-refractivity contribution is 0.146. The van der Waals surface area contributed by atoms with E-state index >= 15 is 8.42 Å². The number of pyridine rings is 1. The highest BCUT2D eigenvalue weighted by Gasteiger charge is 2.36. The molecule has 0 saturated heterocycles. The molecule has 0 aliphatic heterocycles. The first-order valence-electron chi connectivity index (χ1n) is 20.8. The van der Waals surface area contributed by atoms with E-state index in [1.54, 1.807) is 86.0 Å². The van der Waals surface area contributed by atoms with Crippen LogP contribution in [0.2, 0.25) is 0 Å². The zero-order valence-electron chi connectivity index (χ0n) is 37.1. The van der Waals surface area contributed by atoms with Crippen molar-refractivity contribution < 1.29 is 40.6 Å². The summed E-state index contributed by atoms with van der Waals surface area (Å²) in [5, 5.41) is 14.6. The second-order valence-corrected chi connectivity index (χ2v) is 19.1. The molecule has 67 heavy (non-hydrogen) atoms. The molecule has 0 radical (unpaired) electrons. The molecular formula is C47H49N9O9S2. The van der Waals surface area contributed by atoms with Crippen molar-refractivity contribution in [1.29, 1.82) is 0 Å². The Morgan fingerprint density at radius 2 is 1.30 bits per heavy atom. The van der Waals surface area contributed by atoms with Crippen LogP contribution in [0.3, 0.4) is 0 Å². The second-order valence-electron chi connectivity index (χ2n) is 15.2. The Kier molecular flexibility index (Phi) is 15.0. The highest BCUT2D eigenvalue weighted by Crippen LogP contribution is 2.42. The van der Waals surface area contributed by atoms with Gasteiger partial charge in [-0.3, -0.25) is 4.72 Å². The van der Waals surface area contributed by atoms with Crippen LogP contribution in [-0.2, 0) is 51.0 Å². The number of amides is 1. The predicted octanol–water partition coefficient (Wildman–Crippen LogP) is 6.51. The molecule has 0 spiro atoms. The molecule has 4 N–H and O–H groups in total. The second kappa shape index (κ2) is 21.2. The van der Waals surface area contributed by atoms with Crippen LogP contribution in [-0.4, -0.2) is 85.6 Å². The lowest BCUT2D eigenvalue weighted by Crippen LogP contribution is -2.35. The monoisotopic (exact) mass is 947 g/mol. The van der Waals surface area contributed by atoms with E-state index in [0.29, 0.717) is 28.4 Å². The van der Waals surface area contributed by atoms with Gasteiger partial charge in [-0.2, -0.15) is 9.10 Å². The fraction of sp³-hybridized carbons (Fsp3) is 0.213. The first kappa shape index (κ1) is 47.4. The molecule has 1 amide bonds. The van der Waals surface area contributed by atoms with Crippen molar-refractivity contribution in [3.8, 4) is 39.9 Å². The normalized spacial score (nSPS) is 12.0. The molecule has 0 aliphatic carbocycles. The van der Waals surface area contributed by atoms with Crippen LogP contribution >= 0.6 is 0 Å². The number of hydrogen-bond donors (Lipinski definition) is 3. The van der Waals surface area contributed by atoms with Crippen molar-refractivity contribution >= 4 is 37.6 Å². The van der Waals surface area contributed by atoms with Gasteiger partial charge in [0.25, 0.3) is 0 Å². The van der Waals surface area contributed by atoms with Crippen molar-refractivity contribution in [3.05, 3.63) is 156 Å². The Morgan fingerprint density at radius 1 is 0.716 bits per heavy atom. The van der Waals surface area contributed by atoms with Crippen LogP contribution in [0.15, 0.2) is 138 Å². The number of benzene rings is 5. The Morgan fingerprint density at radius 3 is 1.87 bits per heavy atom. The number of anilines is 2. The number of methoxy groups -OCH3 is 3. The third-order valence-electron chi connectivity index (χ3n) is 10.5. The van der Waals surface area contributed by atoms with Gasteiger partial charge in [-0.15, -0.1) is 10.2 Å². The van der Waals surface area contributed by atoms with Crippen LogP contribution in [0.5, 0.6) is 17.2 Å². The number of carbonyl (C=O) groups is 1. The fourth-order valence-corrected chi connectivity index (χ4v) is 9.60. The first-order valence-corrected chi connectivity index (χ1v) is 23.8. The SMILES string of the molecule is COc1ccc(CN(Cc2ccc(OC)cc2)S(=O)(=O)c2c(NS(=O)(=O)[C@H](C)COC(=O)NCc3ccccc3)ccc(-c3cccc(N)n3)c2-c2nnn(Cc3ccc(OC)cc3)n2)cc1. The minimum atomic E-state index is -4.84. The number of sulfonamides is 2. The summed E-state index contributed by atoms with van der Waals surface area (Å²) in [6, 6.07) is 37.8. The van der Waals surface area contributed by atoms with Gasteiger partial charge >= 0.3 is 6.09 Å². The number of nitrogens with two attached hydrogens (primary N) is 1. The van der Waals surface area contributed by atoms with Crippen LogP contribution in [0, 0.1) is 0 Å². The number of aromatic nitrogens is 5. The number of hydrogen-bond acceptors (Lipinski definition) is 14.